The first-order chi connectivity index (χ1) is 18.3. The quantitative estimate of drug-likeness (QED) is 0.115. The number of unbranched alkanes of at least 4 members (excludes halogenated alkanes) is 9. The van der Waals surface area contributed by atoms with Gasteiger partial charge in [-0.2, -0.15) is 0 Å². The summed E-state index contributed by atoms with van der Waals surface area (Å²) in [6.07, 6.45) is 15.2. The minimum Gasteiger partial charge on any atom is -0.464 e. The van der Waals surface area contributed by atoms with E-state index in [2.05, 4.69) is 42.8 Å². The number of carbonyl (C=O) groups excluding carboxylic acids is 1. The number of hydrogen-bond donors (Lipinski definition) is 3. The summed E-state index contributed by atoms with van der Waals surface area (Å²) >= 11 is 0. The fraction of sp³-hybridized carbons (Fsp3) is 0.968. The zero-order chi connectivity index (χ0) is 28.0. The van der Waals surface area contributed by atoms with Gasteiger partial charge in [-0.15, -0.1) is 0 Å². The zero-order valence-corrected chi connectivity index (χ0v) is 25.5. The maximum atomic E-state index is 12.4. The van der Waals surface area contributed by atoms with Gasteiger partial charge in [0.2, 0.25) is 0 Å². The summed E-state index contributed by atoms with van der Waals surface area (Å²) in [6.45, 7) is 13.8. The molecule has 38 heavy (non-hydrogen) atoms. The smallest absolute Gasteiger partial charge is 0.305 e. The highest BCUT2D eigenvalue weighted by molar-refractivity contribution is 5.69. The van der Waals surface area contributed by atoms with Gasteiger partial charge < -0.3 is 20.3 Å². The lowest BCUT2D eigenvalue weighted by molar-refractivity contribution is -0.144. The van der Waals surface area contributed by atoms with Gasteiger partial charge in [-0.1, -0.05) is 84.5 Å². The molecule has 1 rings (SSSR count). The molecular formula is C31H63N3O4. The number of rotatable bonds is 24. The van der Waals surface area contributed by atoms with Crippen LogP contribution in [0.25, 0.3) is 0 Å². The van der Waals surface area contributed by atoms with Crippen LogP contribution in [0.1, 0.15) is 124 Å². The Labute approximate surface area is 235 Å². The van der Waals surface area contributed by atoms with E-state index in [0.717, 1.165) is 45.3 Å². The molecule has 1 aliphatic rings. The summed E-state index contributed by atoms with van der Waals surface area (Å²) in [5, 5.41) is 24.8. The van der Waals surface area contributed by atoms with Gasteiger partial charge in [0.15, 0.2) is 0 Å². The number of esters is 1. The van der Waals surface area contributed by atoms with Crippen molar-refractivity contribution in [3.63, 3.8) is 0 Å². The summed E-state index contributed by atoms with van der Waals surface area (Å²) in [7, 11) is 0. The van der Waals surface area contributed by atoms with Crippen LogP contribution in [0, 0.1) is 0 Å². The van der Waals surface area contributed by atoms with E-state index in [-0.39, 0.29) is 18.2 Å². The van der Waals surface area contributed by atoms with E-state index in [1.54, 1.807) is 0 Å². The highest BCUT2D eigenvalue weighted by atomic mass is 16.5. The minimum absolute atomic E-state index is 0.148. The van der Waals surface area contributed by atoms with Crippen molar-refractivity contribution in [3.8, 4) is 0 Å². The highest BCUT2D eigenvalue weighted by Gasteiger charge is 2.22. The second kappa shape index (κ2) is 23.0. The first-order valence-corrected chi connectivity index (χ1v) is 16.1. The number of nitrogens with one attached hydrogen (secondary N) is 1. The molecule has 0 saturated carbocycles. The Bertz CT molecular complexity index is 565. The molecule has 0 radical (unpaired) electrons. The van der Waals surface area contributed by atoms with E-state index in [1.807, 2.05) is 0 Å². The van der Waals surface area contributed by atoms with Gasteiger partial charge in [0.25, 0.3) is 0 Å². The maximum absolute atomic E-state index is 12.4. The molecule has 1 aliphatic heterocycles. The number of aliphatic hydroxyl groups is 2. The Kier molecular flexibility index (Phi) is 21.4. The van der Waals surface area contributed by atoms with Crippen LogP contribution in [0.5, 0.6) is 0 Å². The molecule has 0 aromatic heterocycles. The Hall–Kier alpha value is -0.730. The summed E-state index contributed by atoms with van der Waals surface area (Å²) in [5.74, 6) is -0.148. The Morgan fingerprint density at radius 3 is 2.03 bits per heavy atom. The van der Waals surface area contributed by atoms with Gasteiger partial charge in [0.05, 0.1) is 12.2 Å². The molecule has 226 valence electrons. The summed E-state index contributed by atoms with van der Waals surface area (Å²) in [6, 6.07) is 0.926. The number of aliphatic hydroxyl groups excluding tert-OH is 2. The van der Waals surface area contributed by atoms with E-state index in [0.29, 0.717) is 51.2 Å². The van der Waals surface area contributed by atoms with Crippen molar-refractivity contribution in [2.24, 2.45) is 0 Å². The van der Waals surface area contributed by atoms with Crippen LogP contribution in [0.2, 0.25) is 0 Å². The summed E-state index contributed by atoms with van der Waals surface area (Å²) < 4.78 is 5.53. The molecule has 0 bridgehead atoms. The first kappa shape index (κ1) is 35.3. The van der Waals surface area contributed by atoms with Crippen LogP contribution in [0.15, 0.2) is 0 Å². The summed E-state index contributed by atoms with van der Waals surface area (Å²) in [4.78, 5) is 16.9. The Morgan fingerprint density at radius 1 is 0.895 bits per heavy atom. The predicted molar refractivity (Wildman–Crippen MR) is 159 cm³/mol. The maximum Gasteiger partial charge on any atom is 0.305 e. The van der Waals surface area contributed by atoms with E-state index in [1.165, 1.54) is 57.8 Å². The van der Waals surface area contributed by atoms with Crippen LogP contribution < -0.4 is 5.32 Å². The van der Waals surface area contributed by atoms with Gasteiger partial charge in [-0.05, 0) is 39.7 Å². The molecule has 3 N–H and O–H groups in total. The van der Waals surface area contributed by atoms with Gasteiger partial charge >= 0.3 is 5.97 Å². The molecule has 0 aliphatic carbocycles. The predicted octanol–water partition coefficient (Wildman–Crippen LogP) is 5.13. The molecule has 0 amide bonds. The average molecular weight is 542 g/mol. The Morgan fingerprint density at radius 2 is 1.45 bits per heavy atom. The van der Waals surface area contributed by atoms with E-state index >= 15 is 0 Å². The van der Waals surface area contributed by atoms with Crippen molar-refractivity contribution in [2.75, 3.05) is 45.9 Å². The van der Waals surface area contributed by atoms with Crippen LogP contribution in [-0.2, 0) is 9.53 Å². The SMILES string of the molecule is CCCCCCCCC(O)CN(CCCC(=O)OCCN1CC(C)NCC1C)CC(O)CCCCCCC. The third-order valence-electron chi connectivity index (χ3n) is 7.86. The van der Waals surface area contributed by atoms with Gasteiger partial charge in [-0.25, -0.2) is 0 Å². The fourth-order valence-electron chi connectivity index (χ4n) is 5.38. The van der Waals surface area contributed by atoms with Gasteiger partial charge in [0.1, 0.15) is 6.61 Å². The van der Waals surface area contributed by atoms with Crippen molar-refractivity contribution in [1.29, 1.82) is 0 Å². The van der Waals surface area contributed by atoms with Gasteiger partial charge in [-0.3, -0.25) is 14.6 Å². The van der Waals surface area contributed by atoms with Crippen molar-refractivity contribution >= 4 is 5.97 Å². The molecule has 1 fully saturated rings. The van der Waals surface area contributed by atoms with Crippen molar-refractivity contribution < 1.29 is 19.7 Å². The van der Waals surface area contributed by atoms with Gasteiger partial charge in [0, 0.05) is 51.2 Å². The third-order valence-corrected chi connectivity index (χ3v) is 7.86. The zero-order valence-electron chi connectivity index (χ0n) is 25.5. The molecule has 0 aromatic rings. The lowest BCUT2D eigenvalue weighted by atomic mass is 10.1. The summed E-state index contributed by atoms with van der Waals surface area (Å²) in [5.41, 5.74) is 0. The topological polar surface area (TPSA) is 85.3 Å². The Balaban J connectivity index is 2.37. The molecule has 7 nitrogen and oxygen atoms in total. The van der Waals surface area contributed by atoms with Crippen LogP contribution >= 0.6 is 0 Å². The number of nitrogens with zero attached hydrogens (tertiary/aromatic N) is 2. The number of hydrogen-bond acceptors (Lipinski definition) is 7. The second-order valence-corrected chi connectivity index (χ2v) is 11.8. The van der Waals surface area contributed by atoms with Crippen LogP contribution in [-0.4, -0.2) is 96.1 Å². The molecular weight excluding hydrogens is 478 g/mol. The molecule has 7 heteroatoms. The molecule has 0 aromatic carbocycles. The van der Waals surface area contributed by atoms with Crippen LogP contribution in [0.4, 0.5) is 0 Å². The third kappa shape index (κ3) is 18.5. The second-order valence-electron chi connectivity index (χ2n) is 11.8. The van der Waals surface area contributed by atoms with E-state index < -0.39 is 0 Å². The van der Waals surface area contributed by atoms with Crippen molar-refractivity contribution in [1.82, 2.24) is 15.1 Å². The molecule has 1 saturated heterocycles. The van der Waals surface area contributed by atoms with E-state index in [9.17, 15) is 15.0 Å². The lowest BCUT2D eigenvalue weighted by Gasteiger charge is -2.37. The van der Waals surface area contributed by atoms with Crippen molar-refractivity contribution in [2.45, 2.75) is 148 Å². The fourth-order valence-corrected chi connectivity index (χ4v) is 5.38. The molecule has 4 unspecified atom stereocenters. The normalized spacial score (nSPS) is 20.1. The monoisotopic (exact) mass is 541 g/mol. The van der Waals surface area contributed by atoms with Crippen LogP contribution in [0.3, 0.4) is 0 Å². The lowest BCUT2D eigenvalue weighted by Crippen LogP contribution is -2.55. The van der Waals surface area contributed by atoms with E-state index in [4.69, 9.17) is 4.74 Å². The number of piperazine rings is 1. The molecule has 4 atom stereocenters. The average Bonchev–Trinajstić information content (AvgIpc) is 2.88. The standard InChI is InChI=1S/C31H63N3O4/c1-5-7-9-11-13-15-18-30(36)26-33(25-29(35)17-14-12-10-8-6-2)20-16-19-31(37)38-22-21-34-24-27(3)32-23-28(34)4/h27-30,32,35-36H,5-26H2,1-4H3. The largest absolute Gasteiger partial charge is 0.464 e. The molecule has 1 heterocycles. The highest BCUT2D eigenvalue weighted by Crippen LogP contribution is 2.13. The first-order valence-electron chi connectivity index (χ1n) is 16.1. The number of ether oxygens (including phenoxy) is 1. The molecule has 0 spiro atoms. The van der Waals surface area contributed by atoms with Crippen molar-refractivity contribution in [3.05, 3.63) is 0 Å². The number of carbonyl (C=O) groups is 1. The minimum atomic E-state index is -0.381.